The summed E-state index contributed by atoms with van der Waals surface area (Å²) < 4.78 is 0. The molecule has 0 saturated carbocycles. The molecular weight excluding hydrogens is 318 g/mol. The molecule has 0 unspecified atom stereocenters. The summed E-state index contributed by atoms with van der Waals surface area (Å²) in [4.78, 5) is 27.9. The molecule has 0 bridgehead atoms. The van der Waals surface area contributed by atoms with Crippen LogP contribution in [-0.2, 0) is 16.0 Å². The largest absolute Gasteiger partial charge is 0.347 e. The van der Waals surface area contributed by atoms with Gasteiger partial charge in [0.1, 0.15) is 0 Å². The second-order valence-corrected chi connectivity index (χ2v) is 5.33. The minimum atomic E-state index is -0.699. The fourth-order valence-corrected chi connectivity index (χ4v) is 2.27. The molecule has 3 N–H and O–H groups in total. The summed E-state index contributed by atoms with van der Waals surface area (Å²) in [7, 11) is 0. The van der Waals surface area contributed by atoms with Crippen molar-refractivity contribution in [1.82, 2.24) is 20.5 Å². The van der Waals surface area contributed by atoms with E-state index in [0.29, 0.717) is 18.7 Å². The number of hydrogen-bond acceptors (Lipinski definition) is 4. The van der Waals surface area contributed by atoms with Gasteiger partial charge >= 0.3 is 11.8 Å². The molecule has 0 fully saturated rings. The number of pyridine rings is 1. The van der Waals surface area contributed by atoms with Gasteiger partial charge in [0.05, 0.1) is 5.69 Å². The number of hydrogen-bond donors (Lipinski definition) is 3. The van der Waals surface area contributed by atoms with E-state index in [1.54, 1.807) is 24.5 Å². The van der Waals surface area contributed by atoms with Crippen molar-refractivity contribution >= 4 is 17.5 Å². The third-order valence-electron chi connectivity index (χ3n) is 3.55. The Morgan fingerprint density at radius 3 is 2.48 bits per heavy atom. The van der Waals surface area contributed by atoms with Crippen LogP contribution in [0.15, 0.2) is 60.9 Å². The van der Waals surface area contributed by atoms with E-state index in [2.05, 4.69) is 25.8 Å². The number of benzene rings is 1. The van der Waals surface area contributed by atoms with Crippen LogP contribution in [0.5, 0.6) is 0 Å². The van der Waals surface area contributed by atoms with Crippen LogP contribution in [0.4, 0.5) is 5.69 Å². The molecule has 3 rings (SSSR count). The molecule has 0 radical (unpaired) electrons. The Balaban J connectivity index is 1.48. The molecule has 0 spiro atoms. The maximum Gasteiger partial charge on any atom is 0.313 e. The molecule has 0 aliphatic heterocycles. The monoisotopic (exact) mass is 335 g/mol. The van der Waals surface area contributed by atoms with Crippen molar-refractivity contribution in [3.05, 3.63) is 66.6 Å². The normalized spacial score (nSPS) is 10.2. The van der Waals surface area contributed by atoms with Crippen molar-refractivity contribution in [2.24, 2.45) is 0 Å². The number of anilines is 1. The quantitative estimate of drug-likeness (QED) is 0.619. The Morgan fingerprint density at radius 1 is 0.960 bits per heavy atom. The van der Waals surface area contributed by atoms with Crippen LogP contribution < -0.4 is 10.6 Å². The topological polar surface area (TPSA) is 99.8 Å². The standard InChI is InChI=1S/C18H17N5O2/c24-17(20-11-8-14-3-1-2-10-19-14)18(25)22-15-6-4-13(5-7-15)16-9-12-21-23-16/h1-7,9-10,12H,8,11H2,(H,20,24)(H,21,23)(H,22,25). The fourth-order valence-electron chi connectivity index (χ4n) is 2.27. The zero-order valence-electron chi connectivity index (χ0n) is 13.4. The van der Waals surface area contributed by atoms with E-state index in [4.69, 9.17) is 0 Å². The van der Waals surface area contributed by atoms with Gasteiger partial charge in [-0.05, 0) is 35.9 Å². The van der Waals surface area contributed by atoms with E-state index in [0.717, 1.165) is 17.0 Å². The molecule has 7 nitrogen and oxygen atoms in total. The molecule has 0 saturated heterocycles. The van der Waals surface area contributed by atoms with Gasteiger partial charge < -0.3 is 10.6 Å². The predicted molar refractivity (Wildman–Crippen MR) is 93.6 cm³/mol. The van der Waals surface area contributed by atoms with Crippen molar-refractivity contribution in [3.63, 3.8) is 0 Å². The first-order valence-electron chi connectivity index (χ1n) is 7.81. The number of aromatic amines is 1. The van der Waals surface area contributed by atoms with Crippen LogP contribution in [-0.4, -0.2) is 33.5 Å². The zero-order valence-corrected chi connectivity index (χ0v) is 13.4. The third-order valence-corrected chi connectivity index (χ3v) is 3.55. The molecule has 25 heavy (non-hydrogen) atoms. The second-order valence-electron chi connectivity index (χ2n) is 5.33. The number of aromatic nitrogens is 3. The van der Waals surface area contributed by atoms with Gasteiger partial charge in [0.25, 0.3) is 0 Å². The highest BCUT2D eigenvalue weighted by molar-refractivity contribution is 6.39. The highest BCUT2D eigenvalue weighted by Crippen LogP contribution is 2.18. The summed E-state index contributed by atoms with van der Waals surface area (Å²) >= 11 is 0. The van der Waals surface area contributed by atoms with Crippen molar-refractivity contribution < 1.29 is 9.59 Å². The lowest BCUT2D eigenvalue weighted by Gasteiger charge is -2.07. The Bertz CT molecular complexity index is 830. The second kappa shape index (κ2) is 7.87. The van der Waals surface area contributed by atoms with E-state index in [1.807, 2.05) is 36.4 Å². The van der Waals surface area contributed by atoms with Crippen LogP contribution >= 0.6 is 0 Å². The lowest BCUT2D eigenvalue weighted by atomic mass is 10.1. The molecule has 2 amide bonds. The first kappa shape index (κ1) is 16.4. The van der Waals surface area contributed by atoms with Crippen molar-refractivity contribution in [1.29, 1.82) is 0 Å². The van der Waals surface area contributed by atoms with Gasteiger partial charge in [-0.2, -0.15) is 5.10 Å². The van der Waals surface area contributed by atoms with Crippen molar-refractivity contribution in [2.75, 3.05) is 11.9 Å². The molecule has 3 aromatic rings. The SMILES string of the molecule is O=C(NCCc1ccccn1)C(=O)Nc1ccc(-c2ccn[nH]2)cc1. The Labute approximate surface area is 144 Å². The smallest absolute Gasteiger partial charge is 0.313 e. The molecule has 0 aliphatic carbocycles. The molecule has 1 aromatic carbocycles. The van der Waals surface area contributed by atoms with Gasteiger partial charge in [-0.15, -0.1) is 0 Å². The number of rotatable bonds is 5. The first-order valence-corrected chi connectivity index (χ1v) is 7.81. The van der Waals surface area contributed by atoms with Gasteiger partial charge in [0.2, 0.25) is 0 Å². The first-order chi connectivity index (χ1) is 12.2. The van der Waals surface area contributed by atoms with Crippen molar-refractivity contribution in [2.45, 2.75) is 6.42 Å². The van der Waals surface area contributed by atoms with E-state index in [1.165, 1.54) is 0 Å². The van der Waals surface area contributed by atoms with Crippen LogP contribution in [0, 0.1) is 0 Å². The summed E-state index contributed by atoms with van der Waals surface area (Å²) in [5, 5.41) is 11.9. The average molecular weight is 335 g/mol. The molecule has 7 heteroatoms. The maximum absolute atomic E-state index is 11.9. The van der Waals surface area contributed by atoms with E-state index in [9.17, 15) is 9.59 Å². The molecule has 126 valence electrons. The van der Waals surface area contributed by atoms with Gasteiger partial charge in [-0.25, -0.2) is 0 Å². The van der Waals surface area contributed by atoms with Crippen molar-refractivity contribution in [3.8, 4) is 11.3 Å². The number of carbonyl (C=O) groups is 2. The number of carbonyl (C=O) groups excluding carboxylic acids is 2. The Kier molecular flexibility index (Phi) is 5.16. The van der Waals surface area contributed by atoms with E-state index in [-0.39, 0.29) is 0 Å². The number of amides is 2. The minimum absolute atomic E-state index is 0.349. The summed E-state index contributed by atoms with van der Waals surface area (Å²) in [5.41, 5.74) is 3.23. The van der Waals surface area contributed by atoms with Gasteiger partial charge in [0.15, 0.2) is 0 Å². The molecule has 0 aliphatic rings. The molecule has 2 aromatic heterocycles. The van der Waals surface area contributed by atoms with E-state index >= 15 is 0 Å². The predicted octanol–water partition coefficient (Wildman–Crippen LogP) is 1.77. The zero-order chi connectivity index (χ0) is 17.5. The van der Waals surface area contributed by atoms with Crippen LogP contribution in [0.25, 0.3) is 11.3 Å². The average Bonchev–Trinajstić information content (AvgIpc) is 3.18. The number of H-pyrrole nitrogens is 1. The van der Waals surface area contributed by atoms with Crippen LogP contribution in [0.2, 0.25) is 0 Å². The summed E-state index contributed by atoms with van der Waals surface area (Å²) in [5.74, 6) is -1.37. The fraction of sp³-hybridized carbons (Fsp3) is 0.111. The van der Waals surface area contributed by atoms with Crippen LogP contribution in [0.3, 0.4) is 0 Å². The summed E-state index contributed by atoms with van der Waals surface area (Å²) in [6.07, 6.45) is 3.93. The highest BCUT2D eigenvalue weighted by Gasteiger charge is 2.13. The van der Waals surface area contributed by atoms with Crippen LogP contribution in [0.1, 0.15) is 5.69 Å². The molecule has 0 atom stereocenters. The Hall–Kier alpha value is -3.48. The number of nitrogens with zero attached hydrogens (tertiary/aromatic N) is 2. The maximum atomic E-state index is 11.9. The lowest BCUT2D eigenvalue weighted by molar-refractivity contribution is -0.136. The van der Waals surface area contributed by atoms with E-state index < -0.39 is 11.8 Å². The molecule has 2 heterocycles. The summed E-state index contributed by atoms with van der Waals surface area (Å²) in [6.45, 7) is 0.349. The highest BCUT2D eigenvalue weighted by atomic mass is 16.2. The van der Waals surface area contributed by atoms with Gasteiger partial charge in [-0.3, -0.25) is 19.7 Å². The third kappa shape index (κ3) is 4.51. The number of nitrogens with one attached hydrogen (secondary N) is 3. The van der Waals surface area contributed by atoms with Gasteiger partial charge in [-0.1, -0.05) is 18.2 Å². The molecular formula is C18H17N5O2. The minimum Gasteiger partial charge on any atom is -0.347 e. The lowest BCUT2D eigenvalue weighted by Crippen LogP contribution is -2.36. The Morgan fingerprint density at radius 2 is 1.80 bits per heavy atom. The summed E-state index contributed by atoms with van der Waals surface area (Å²) in [6, 6.07) is 14.6. The van der Waals surface area contributed by atoms with Gasteiger partial charge in [0, 0.05) is 36.7 Å².